The molecule has 0 aromatic heterocycles. The Hall–Kier alpha value is -1.39. The van der Waals surface area contributed by atoms with Crippen LogP contribution in [0.15, 0.2) is 9.59 Å². The van der Waals surface area contributed by atoms with Gasteiger partial charge in [-0.2, -0.15) is 9.67 Å². The number of H-pyrrole nitrogens is 1. The monoisotopic (exact) mass is 111 g/mol. The molecular weight excluding hydrogens is 110 g/mol. The van der Waals surface area contributed by atoms with Gasteiger partial charge in [0.1, 0.15) is 0 Å². The van der Waals surface area contributed by atoms with Crippen LogP contribution in [0, 0.1) is 0 Å². The molecule has 0 aromatic carbocycles. The zero-order valence-electron chi connectivity index (χ0n) is 3.71. The van der Waals surface area contributed by atoms with E-state index >= 15 is 0 Å². The number of hydrogen-bond acceptors (Lipinski definition) is 3. The van der Waals surface area contributed by atoms with E-state index in [9.17, 15) is 9.59 Å². The van der Waals surface area contributed by atoms with Crippen LogP contribution in [-0.2, 0) is 0 Å². The summed E-state index contributed by atoms with van der Waals surface area (Å²) < 4.78 is 1.10. The molecule has 40 valence electrons. The van der Waals surface area contributed by atoms with Gasteiger partial charge in [0.05, 0.1) is 0 Å². The van der Waals surface area contributed by atoms with Crippen LogP contribution in [0.5, 0.6) is 0 Å². The third-order valence-electron chi connectivity index (χ3n) is 0.967. The van der Waals surface area contributed by atoms with Crippen molar-refractivity contribution < 1.29 is 0 Å². The Labute approximate surface area is 42.6 Å². The Bertz CT molecular complexity index is 346. The topological polar surface area (TPSA) is 67.8 Å². The lowest BCUT2D eigenvalue weighted by molar-refractivity contribution is 1.07. The number of aromatic amines is 1. The molecule has 2 aliphatic heterocycles. The third-order valence-corrected chi connectivity index (χ3v) is 0.967. The van der Waals surface area contributed by atoms with Crippen molar-refractivity contribution in [2.45, 2.75) is 0 Å². The Morgan fingerprint density at radius 1 is 1.50 bits per heavy atom. The fourth-order valence-electron chi connectivity index (χ4n) is 0.537. The van der Waals surface area contributed by atoms with Gasteiger partial charge in [0, 0.05) is 0 Å². The summed E-state index contributed by atoms with van der Waals surface area (Å²) in [5.41, 5.74) is -1.27. The highest BCUT2D eigenvalue weighted by Gasteiger charge is 2.19. The molecule has 5 heteroatoms. The number of nitrogens with zero attached hydrogens (tertiary/aromatic N) is 2. The molecule has 0 radical (unpaired) electrons. The molecule has 0 aliphatic carbocycles. The number of aromatic nitrogens is 3. The lowest BCUT2D eigenvalue weighted by Gasteiger charge is -1.53. The first-order chi connectivity index (χ1) is 3.79. The summed E-state index contributed by atoms with van der Waals surface area (Å²) in [5, 5.41) is 2.46. The summed E-state index contributed by atoms with van der Waals surface area (Å²) in [6, 6.07) is 0. The molecular formula is C3HN3O2. The molecule has 5 nitrogen and oxygen atoms in total. The summed E-state index contributed by atoms with van der Waals surface area (Å²) in [4.78, 5) is 23.8. The second-order valence-corrected chi connectivity index (χ2v) is 1.49. The van der Waals surface area contributed by atoms with E-state index in [1.54, 1.807) is 0 Å². The molecule has 0 amide bonds. The quantitative estimate of drug-likeness (QED) is 0.409. The molecule has 0 unspecified atom stereocenters. The molecule has 2 rings (SSSR count). The van der Waals surface area contributed by atoms with Gasteiger partial charge in [0.2, 0.25) is 5.95 Å². The summed E-state index contributed by atoms with van der Waals surface area (Å²) in [6.07, 6.45) is 0. The first kappa shape index (κ1) is 3.59. The number of nitrogens with one attached hydrogen (secondary N) is 1. The second-order valence-electron chi connectivity index (χ2n) is 1.49. The van der Waals surface area contributed by atoms with E-state index in [2.05, 4.69) is 10.1 Å². The lowest BCUT2D eigenvalue weighted by Crippen LogP contribution is -2.23. The van der Waals surface area contributed by atoms with Crippen molar-refractivity contribution in [3.63, 3.8) is 0 Å². The average Bonchev–Trinajstić information content (AvgIpc) is 2.39. The van der Waals surface area contributed by atoms with Gasteiger partial charge in [-0.25, -0.2) is 0 Å². The van der Waals surface area contributed by atoms with E-state index in [0.29, 0.717) is 5.95 Å². The molecule has 2 aliphatic rings. The van der Waals surface area contributed by atoms with Gasteiger partial charge in [0.25, 0.3) is 0 Å². The van der Waals surface area contributed by atoms with Crippen LogP contribution in [0.25, 0.3) is 5.95 Å². The smallest absolute Gasteiger partial charge is 0.261 e. The van der Waals surface area contributed by atoms with Crippen molar-refractivity contribution in [1.29, 1.82) is 0 Å². The van der Waals surface area contributed by atoms with E-state index in [4.69, 9.17) is 0 Å². The zero-order chi connectivity index (χ0) is 5.72. The summed E-state index contributed by atoms with van der Waals surface area (Å²) in [5.74, 6) is 0.375. The van der Waals surface area contributed by atoms with Crippen molar-refractivity contribution >= 4 is 0 Å². The number of rotatable bonds is 0. The minimum absolute atomic E-state index is 0.375. The van der Waals surface area contributed by atoms with Crippen molar-refractivity contribution in [2.24, 2.45) is 0 Å². The maximum Gasteiger partial charge on any atom is 0.340 e. The fourth-order valence-corrected chi connectivity index (χ4v) is 0.537. The van der Waals surface area contributed by atoms with Crippen LogP contribution >= 0.6 is 0 Å². The van der Waals surface area contributed by atoms with Crippen LogP contribution in [0.1, 0.15) is 0 Å². The highest BCUT2D eigenvalue weighted by Crippen LogP contribution is 1.96. The van der Waals surface area contributed by atoms with Gasteiger partial charge in [-0.3, -0.25) is 14.7 Å². The van der Waals surface area contributed by atoms with Crippen LogP contribution in [0.2, 0.25) is 0 Å². The highest BCUT2D eigenvalue weighted by molar-refractivity contribution is 5.16. The first-order valence-corrected chi connectivity index (χ1v) is 2.03. The van der Waals surface area contributed by atoms with Crippen LogP contribution in [0.3, 0.4) is 0 Å². The molecule has 0 atom stereocenters. The normalized spacial score (nSPS) is 11.5. The van der Waals surface area contributed by atoms with Gasteiger partial charge < -0.3 is 0 Å². The Kier molecular flexibility index (Phi) is 0.337. The van der Waals surface area contributed by atoms with E-state index in [0.717, 1.165) is 4.68 Å². The Morgan fingerprint density at radius 3 is 2.50 bits per heavy atom. The second kappa shape index (κ2) is 0.750. The predicted octanol–water partition coefficient (Wildman–Crippen LogP) is -1.77. The lowest BCUT2D eigenvalue weighted by atomic mass is 10.9. The maximum absolute atomic E-state index is 10.3. The molecule has 8 heavy (non-hydrogen) atoms. The zero-order valence-corrected chi connectivity index (χ0v) is 3.71. The molecule has 0 bridgehead atoms. The van der Waals surface area contributed by atoms with E-state index < -0.39 is 11.1 Å². The number of imidazole rings is 1. The summed E-state index contributed by atoms with van der Waals surface area (Å²) in [7, 11) is 0. The Morgan fingerprint density at radius 2 is 2.25 bits per heavy atom. The molecule has 0 aromatic rings. The van der Waals surface area contributed by atoms with Gasteiger partial charge in [-0.15, -0.1) is 0 Å². The van der Waals surface area contributed by atoms with Crippen molar-refractivity contribution in [3.8, 4) is 5.95 Å². The van der Waals surface area contributed by atoms with E-state index in [-0.39, 0.29) is 0 Å². The summed E-state index contributed by atoms with van der Waals surface area (Å²) in [6.45, 7) is 0. The molecule has 2 heterocycles. The molecule has 0 saturated carbocycles. The standard InChI is InChI=1S/C3HN3O2/c7-1-2(8)6-3(4-1)5-6/h(H,4,5,7). The van der Waals surface area contributed by atoms with Crippen LogP contribution < -0.4 is 11.1 Å². The fraction of sp³-hybridized carbons (Fsp3) is 0. The minimum atomic E-state index is -0.682. The molecule has 0 saturated heterocycles. The average molecular weight is 111 g/mol. The maximum atomic E-state index is 10.3. The van der Waals surface area contributed by atoms with Gasteiger partial charge >= 0.3 is 11.1 Å². The van der Waals surface area contributed by atoms with Crippen molar-refractivity contribution in [3.05, 3.63) is 20.7 Å². The predicted molar refractivity (Wildman–Crippen MR) is 24.0 cm³/mol. The van der Waals surface area contributed by atoms with E-state index in [1.165, 1.54) is 0 Å². The molecule has 1 N–H and O–H groups in total. The SMILES string of the molecule is O=c1nc2[nH]n-2c1=O. The largest absolute Gasteiger partial charge is 0.340 e. The van der Waals surface area contributed by atoms with Gasteiger partial charge in [-0.05, 0) is 0 Å². The van der Waals surface area contributed by atoms with Crippen molar-refractivity contribution in [2.75, 3.05) is 0 Å². The number of fused-ring (bicyclic) bond motifs is 1. The first-order valence-electron chi connectivity index (χ1n) is 2.03. The van der Waals surface area contributed by atoms with Crippen LogP contribution in [-0.4, -0.2) is 14.8 Å². The summed E-state index contributed by atoms with van der Waals surface area (Å²) >= 11 is 0. The number of hydrogen-bond donors (Lipinski definition) is 1. The van der Waals surface area contributed by atoms with Gasteiger partial charge in [-0.1, -0.05) is 0 Å². The molecule has 0 spiro atoms. The van der Waals surface area contributed by atoms with Gasteiger partial charge in [0.15, 0.2) is 0 Å². The minimum Gasteiger partial charge on any atom is -0.261 e. The highest BCUT2D eigenvalue weighted by atomic mass is 16.2. The van der Waals surface area contributed by atoms with Crippen LogP contribution in [0.4, 0.5) is 0 Å². The van der Waals surface area contributed by atoms with Crippen molar-refractivity contribution in [1.82, 2.24) is 14.8 Å². The third kappa shape index (κ3) is 0.218. The van der Waals surface area contributed by atoms with E-state index in [1.807, 2.05) is 0 Å². The molecule has 0 fully saturated rings. The Balaban J connectivity index is 3.13.